The maximum absolute atomic E-state index is 13.7. The Hall–Kier alpha value is -2.51. The summed E-state index contributed by atoms with van der Waals surface area (Å²) >= 11 is 0. The number of nitrogens with one attached hydrogen (secondary N) is 3. The van der Waals surface area contributed by atoms with Gasteiger partial charge in [-0.1, -0.05) is 13.8 Å². The lowest BCUT2D eigenvalue weighted by Crippen LogP contribution is -2.38. The molecule has 3 rings (SSSR count). The standard InChI is InChI=1S/C22H29FN4O2/c1-5-27(6-2)10-9-24-22(29)20-13(3)19(25-14(20)4)12-17-16-11-15(23)7-8-18(16)26-21(17)28/h7-8,11-12,14,19,25H,5-6,9-10H2,1-4H3,(H,24,29)(H,26,28)/b17-12-. The van der Waals surface area contributed by atoms with Gasteiger partial charge < -0.3 is 20.9 Å². The number of anilines is 1. The molecule has 1 aromatic carbocycles. The maximum atomic E-state index is 13.7. The van der Waals surface area contributed by atoms with Crippen molar-refractivity contribution in [2.75, 3.05) is 31.5 Å². The number of rotatable bonds is 7. The molecule has 1 aromatic rings. The van der Waals surface area contributed by atoms with Gasteiger partial charge in [0.25, 0.3) is 5.91 Å². The van der Waals surface area contributed by atoms with Crippen LogP contribution in [0.4, 0.5) is 10.1 Å². The van der Waals surface area contributed by atoms with Crippen LogP contribution in [0.3, 0.4) is 0 Å². The predicted molar refractivity (Wildman–Crippen MR) is 113 cm³/mol. The molecule has 29 heavy (non-hydrogen) atoms. The SMILES string of the molecule is CCN(CC)CCNC(=O)C1=C(C)C(/C=C2\C(=O)Nc3ccc(F)cc32)NC1C. The van der Waals surface area contributed by atoms with Gasteiger partial charge in [0.1, 0.15) is 5.82 Å². The Bertz CT molecular complexity index is 874. The molecule has 2 aliphatic rings. The molecule has 0 aliphatic carbocycles. The van der Waals surface area contributed by atoms with Gasteiger partial charge in [-0.25, -0.2) is 4.39 Å². The smallest absolute Gasteiger partial charge is 0.256 e. The predicted octanol–water partition coefficient (Wildman–Crippen LogP) is 2.30. The van der Waals surface area contributed by atoms with Crippen molar-refractivity contribution in [3.05, 3.63) is 46.8 Å². The van der Waals surface area contributed by atoms with E-state index in [9.17, 15) is 14.0 Å². The van der Waals surface area contributed by atoms with E-state index in [1.165, 1.54) is 12.1 Å². The zero-order chi connectivity index (χ0) is 21.1. The van der Waals surface area contributed by atoms with Gasteiger partial charge in [-0.3, -0.25) is 9.59 Å². The van der Waals surface area contributed by atoms with Crippen molar-refractivity contribution in [1.29, 1.82) is 0 Å². The van der Waals surface area contributed by atoms with Gasteiger partial charge >= 0.3 is 0 Å². The third-order valence-electron chi connectivity index (χ3n) is 5.70. The summed E-state index contributed by atoms with van der Waals surface area (Å²) in [5.74, 6) is -0.734. The summed E-state index contributed by atoms with van der Waals surface area (Å²) in [5.41, 5.74) is 3.15. The van der Waals surface area contributed by atoms with Crippen molar-refractivity contribution in [1.82, 2.24) is 15.5 Å². The van der Waals surface area contributed by atoms with Gasteiger partial charge in [0.15, 0.2) is 0 Å². The number of fused-ring (bicyclic) bond motifs is 1. The van der Waals surface area contributed by atoms with E-state index in [2.05, 4.69) is 34.7 Å². The van der Waals surface area contributed by atoms with Gasteiger partial charge in [0.2, 0.25) is 5.91 Å². The molecule has 0 bridgehead atoms. The van der Waals surface area contributed by atoms with E-state index >= 15 is 0 Å². The number of carbonyl (C=O) groups excluding carboxylic acids is 2. The molecule has 7 heteroatoms. The zero-order valence-corrected chi connectivity index (χ0v) is 17.4. The van der Waals surface area contributed by atoms with E-state index in [0.717, 1.165) is 25.2 Å². The maximum Gasteiger partial charge on any atom is 0.256 e. The first-order valence-corrected chi connectivity index (χ1v) is 10.2. The minimum Gasteiger partial charge on any atom is -0.351 e. The summed E-state index contributed by atoms with van der Waals surface area (Å²) in [7, 11) is 0. The van der Waals surface area contributed by atoms with Crippen molar-refractivity contribution >= 4 is 23.1 Å². The van der Waals surface area contributed by atoms with E-state index in [4.69, 9.17) is 0 Å². The highest BCUT2D eigenvalue weighted by Gasteiger charge is 2.33. The normalized spacial score (nSPS) is 22.4. The molecule has 2 aliphatic heterocycles. The van der Waals surface area contributed by atoms with Crippen LogP contribution in [0.25, 0.3) is 5.57 Å². The molecule has 156 valence electrons. The second-order valence-corrected chi connectivity index (χ2v) is 7.47. The van der Waals surface area contributed by atoms with Crippen molar-refractivity contribution in [2.24, 2.45) is 0 Å². The molecule has 0 spiro atoms. The minimum absolute atomic E-state index is 0.0853. The molecule has 0 fully saturated rings. The number of nitrogens with zero attached hydrogens (tertiary/aromatic N) is 1. The van der Waals surface area contributed by atoms with Crippen LogP contribution in [-0.2, 0) is 9.59 Å². The number of hydrogen-bond acceptors (Lipinski definition) is 4. The van der Waals surface area contributed by atoms with Crippen molar-refractivity contribution < 1.29 is 14.0 Å². The Morgan fingerprint density at radius 1 is 1.31 bits per heavy atom. The Labute approximate surface area is 171 Å². The Morgan fingerprint density at radius 2 is 2.03 bits per heavy atom. The highest BCUT2D eigenvalue weighted by Crippen LogP contribution is 2.34. The van der Waals surface area contributed by atoms with Gasteiger partial charge in [-0.05, 0) is 56.8 Å². The Balaban J connectivity index is 1.77. The summed E-state index contributed by atoms with van der Waals surface area (Å²) in [6.45, 7) is 11.3. The minimum atomic E-state index is -0.389. The third kappa shape index (κ3) is 4.41. The highest BCUT2D eigenvalue weighted by atomic mass is 19.1. The first kappa shape index (κ1) is 21.2. The van der Waals surface area contributed by atoms with E-state index < -0.39 is 0 Å². The highest BCUT2D eigenvalue weighted by molar-refractivity contribution is 6.31. The molecule has 0 saturated carbocycles. The van der Waals surface area contributed by atoms with E-state index in [1.54, 1.807) is 12.1 Å². The van der Waals surface area contributed by atoms with Crippen LogP contribution in [0.2, 0.25) is 0 Å². The molecule has 2 heterocycles. The fraction of sp³-hybridized carbons (Fsp3) is 0.455. The fourth-order valence-electron chi connectivity index (χ4n) is 3.99. The Morgan fingerprint density at radius 3 is 2.72 bits per heavy atom. The van der Waals surface area contributed by atoms with E-state index in [-0.39, 0.29) is 29.7 Å². The van der Waals surface area contributed by atoms with Gasteiger partial charge in [0.05, 0.1) is 0 Å². The van der Waals surface area contributed by atoms with E-state index in [0.29, 0.717) is 28.9 Å². The van der Waals surface area contributed by atoms with Crippen LogP contribution in [-0.4, -0.2) is 55.0 Å². The van der Waals surface area contributed by atoms with Crippen LogP contribution in [0.1, 0.15) is 33.3 Å². The van der Waals surface area contributed by atoms with Crippen molar-refractivity contribution in [3.8, 4) is 0 Å². The van der Waals surface area contributed by atoms with Crippen LogP contribution < -0.4 is 16.0 Å². The fourth-order valence-corrected chi connectivity index (χ4v) is 3.99. The average molecular weight is 400 g/mol. The third-order valence-corrected chi connectivity index (χ3v) is 5.70. The number of likely N-dealkylation sites (N-methyl/N-ethyl adjacent to an activating group) is 1. The average Bonchev–Trinajstić information content (AvgIpc) is 3.14. The van der Waals surface area contributed by atoms with Gasteiger partial charge in [0, 0.05) is 47.6 Å². The molecule has 2 atom stereocenters. The van der Waals surface area contributed by atoms with Crippen LogP contribution in [0, 0.1) is 5.82 Å². The largest absolute Gasteiger partial charge is 0.351 e. The van der Waals surface area contributed by atoms with Crippen LogP contribution >= 0.6 is 0 Å². The van der Waals surface area contributed by atoms with Crippen LogP contribution in [0.15, 0.2) is 35.4 Å². The zero-order valence-electron chi connectivity index (χ0n) is 17.4. The number of benzene rings is 1. The molecular formula is C22H29FN4O2. The topological polar surface area (TPSA) is 73.5 Å². The quantitative estimate of drug-likeness (QED) is 0.614. The molecular weight excluding hydrogens is 371 g/mol. The number of amides is 2. The monoisotopic (exact) mass is 400 g/mol. The van der Waals surface area contributed by atoms with Crippen molar-refractivity contribution in [2.45, 2.75) is 39.8 Å². The lowest BCUT2D eigenvalue weighted by molar-refractivity contribution is -0.117. The van der Waals surface area contributed by atoms with E-state index in [1.807, 2.05) is 13.8 Å². The summed E-state index contributed by atoms with van der Waals surface area (Å²) in [5, 5.41) is 9.11. The second kappa shape index (κ2) is 8.88. The molecule has 3 N–H and O–H groups in total. The molecule has 0 saturated heterocycles. The van der Waals surface area contributed by atoms with Crippen molar-refractivity contribution in [3.63, 3.8) is 0 Å². The summed E-state index contributed by atoms with van der Waals surface area (Å²) in [6, 6.07) is 3.84. The van der Waals surface area contributed by atoms with Crippen LogP contribution in [0.5, 0.6) is 0 Å². The van der Waals surface area contributed by atoms with Gasteiger partial charge in [-0.2, -0.15) is 0 Å². The number of halogens is 1. The Kier molecular flexibility index (Phi) is 6.49. The first-order chi connectivity index (χ1) is 13.8. The molecule has 0 aromatic heterocycles. The lowest BCUT2D eigenvalue weighted by Gasteiger charge is -2.18. The number of hydrogen-bond donors (Lipinski definition) is 3. The summed E-state index contributed by atoms with van der Waals surface area (Å²) < 4.78 is 13.7. The molecule has 2 unspecified atom stereocenters. The lowest BCUT2D eigenvalue weighted by atomic mass is 9.99. The molecule has 6 nitrogen and oxygen atoms in total. The molecule has 2 amide bonds. The second-order valence-electron chi connectivity index (χ2n) is 7.47. The molecule has 0 radical (unpaired) electrons. The first-order valence-electron chi connectivity index (χ1n) is 10.2. The van der Waals surface area contributed by atoms with Gasteiger partial charge in [-0.15, -0.1) is 0 Å². The summed E-state index contributed by atoms with van der Waals surface area (Å²) in [6.07, 6.45) is 1.78. The number of carbonyl (C=O) groups is 2. The summed E-state index contributed by atoms with van der Waals surface area (Å²) in [4.78, 5) is 27.4.